The van der Waals surface area contributed by atoms with E-state index in [9.17, 15) is 30.0 Å². The number of aliphatic hydroxyl groups excluding tert-OH is 3. The number of aliphatic hydroxyl groups is 3. The van der Waals surface area contributed by atoms with Gasteiger partial charge in [0.1, 0.15) is 24.1 Å². The second-order valence-electron chi connectivity index (χ2n) is 10.5. The van der Waals surface area contributed by atoms with Crippen molar-refractivity contribution in [1.82, 2.24) is 0 Å². The summed E-state index contributed by atoms with van der Waals surface area (Å²) < 4.78 is 46.3. The molecule has 0 amide bonds. The molecule has 32 heavy (non-hydrogen) atoms. The van der Waals surface area contributed by atoms with Crippen LogP contribution in [0.3, 0.4) is 0 Å². The number of hydrogen-bond donors (Lipinski definition) is 4. The fraction of sp³-hybridized carbons (Fsp3) is 0.917. The van der Waals surface area contributed by atoms with Gasteiger partial charge < -0.3 is 29.9 Å². The third-order valence-electron chi connectivity index (χ3n) is 9.07. The van der Waals surface area contributed by atoms with Gasteiger partial charge in [-0.2, -0.15) is 0 Å². The van der Waals surface area contributed by atoms with Gasteiger partial charge in [-0.25, -0.2) is 4.79 Å². The number of ether oxygens (including phenoxy) is 2. The van der Waals surface area contributed by atoms with Crippen LogP contribution in [0.2, 0.25) is 0 Å². The summed E-state index contributed by atoms with van der Waals surface area (Å²) >= 11 is 0. The first-order valence-electron chi connectivity index (χ1n) is 13.8. The van der Waals surface area contributed by atoms with E-state index >= 15 is 0 Å². The maximum absolute atomic E-state index is 12.6. The van der Waals surface area contributed by atoms with Crippen LogP contribution >= 0.6 is 0 Å². The lowest BCUT2D eigenvalue weighted by Crippen LogP contribution is -2.61. The van der Waals surface area contributed by atoms with E-state index in [4.69, 9.17) is 15.0 Å². The van der Waals surface area contributed by atoms with Crippen molar-refractivity contribution in [1.29, 1.82) is 0 Å². The summed E-state index contributed by atoms with van der Waals surface area (Å²) in [6.07, 6.45) is -11.2. The second kappa shape index (κ2) is 8.31. The van der Waals surface area contributed by atoms with Crippen LogP contribution in [-0.2, 0) is 19.1 Å². The van der Waals surface area contributed by atoms with Crippen LogP contribution in [0.15, 0.2) is 0 Å². The number of carbonyl (C=O) groups is 2. The van der Waals surface area contributed by atoms with Crippen LogP contribution in [0.5, 0.6) is 0 Å². The molecule has 0 aromatic carbocycles. The molecule has 0 bridgehead atoms. The molecule has 1 heterocycles. The lowest BCUT2D eigenvalue weighted by atomic mass is 9.50. The molecule has 0 unspecified atom stereocenters. The minimum Gasteiger partial charge on any atom is -0.479 e. The minimum atomic E-state index is -2.17. The van der Waals surface area contributed by atoms with Crippen molar-refractivity contribution >= 4 is 11.8 Å². The molecule has 5 rings (SSSR count). The van der Waals surface area contributed by atoms with Crippen LogP contribution in [0.1, 0.15) is 70.1 Å². The summed E-state index contributed by atoms with van der Waals surface area (Å²) in [7, 11) is 0. The molecule has 8 nitrogen and oxygen atoms in total. The van der Waals surface area contributed by atoms with E-state index in [2.05, 4.69) is 6.92 Å². The molecule has 4 aliphatic carbocycles. The standard InChI is InChI=1S/C24H36O8/c1-24-9-8-14-13-5-3-12(10-11(13)2-4-15(14)16(24)6-7-17(24)25)31-23-20(28)18(26)19(27)21(32-23)22(29)30/h11-16,18-21,23,26-28H,2-10H2,1H3,(H,29,30)/t11-,12+,13-,14+,15+,16-,18-,19-,20+,21-,23+,24-/m0/s1/i3D2,10D2. The summed E-state index contributed by atoms with van der Waals surface area (Å²) in [5.74, 6) is -1.40. The fourth-order valence-corrected chi connectivity index (χ4v) is 7.30. The van der Waals surface area contributed by atoms with Crippen molar-refractivity contribution in [2.24, 2.45) is 35.0 Å². The Morgan fingerprint density at radius 3 is 2.59 bits per heavy atom. The highest BCUT2D eigenvalue weighted by atomic mass is 16.7. The number of aliphatic carboxylic acids is 1. The van der Waals surface area contributed by atoms with Gasteiger partial charge >= 0.3 is 5.97 Å². The highest BCUT2D eigenvalue weighted by molar-refractivity contribution is 5.87. The molecule has 5 aliphatic rings. The van der Waals surface area contributed by atoms with Gasteiger partial charge in [-0.3, -0.25) is 4.79 Å². The molecule has 12 atom stereocenters. The van der Waals surface area contributed by atoms with E-state index in [1.54, 1.807) is 0 Å². The Labute approximate surface area is 193 Å². The molecule has 0 aromatic heterocycles. The number of ketones is 1. The van der Waals surface area contributed by atoms with Crippen LogP contribution in [-0.4, -0.2) is 69.0 Å². The lowest BCUT2D eigenvalue weighted by molar-refractivity contribution is -0.308. The summed E-state index contributed by atoms with van der Waals surface area (Å²) in [5, 5.41) is 39.7. The highest BCUT2D eigenvalue weighted by Crippen LogP contribution is 2.61. The van der Waals surface area contributed by atoms with Crippen molar-refractivity contribution in [2.45, 2.75) is 101 Å². The summed E-state index contributed by atoms with van der Waals surface area (Å²) in [5.41, 5.74) is -0.326. The number of carboxylic acid groups (broad SMARTS) is 1. The van der Waals surface area contributed by atoms with Crippen molar-refractivity contribution in [3.8, 4) is 0 Å². The summed E-state index contributed by atoms with van der Waals surface area (Å²) in [6, 6.07) is 0. The molecule has 4 saturated carbocycles. The van der Waals surface area contributed by atoms with Crippen LogP contribution in [0.25, 0.3) is 0 Å². The van der Waals surface area contributed by atoms with E-state index in [-0.39, 0.29) is 35.5 Å². The number of Topliss-reactive ketones (excluding diaryl/α,β-unsaturated/α-hetero) is 1. The molecule has 0 aromatic rings. The van der Waals surface area contributed by atoms with E-state index in [1.165, 1.54) is 0 Å². The number of hydrogen-bond acceptors (Lipinski definition) is 7. The second-order valence-corrected chi connectivity index (χ2v) is 10.5. The SMILES string of the molecule is [2H]C1([2H])C[C@@H]2[C@H]3CC[C@]4(C)C(=O)CC[C@H]4[C@@H]3CC[C@H]2C([2H])([2H])[C@@H]1O[C@@H]1O[C@H](C(=O)O)[C@@H](O)[C@H](O)[C@H]1O. The molecule has 8 heteroatoms. The van der Waals surface area contributed by atoms with Gasteiger partial charge in [-0.15, -0.1) is 0 Å². The third kappa shape index (κ3) is 3.54. The number of carbonyl (C=O) groups excluding carboxylic acids is 1. The average molecular weight is 457 g/mol. The molecule has 1 aliphatic heterocycles. The Balaban J connectivity index is 1.39. The van der Waals surface area contributed by atoms with Crippen molar-refractivity contribution < 1.29 is 45.0 Å². The molecule has 0 radical (unpaired) electrons. The molecular weight excluding hydrogens is 416 g/mol. The maximum Gasteiger partial charge on any atom is 0.335 e. The number of rotatable bonds is 3. The number of carboxylic acids is 1. The Hall–Kier alpha value is -1.06. The Bertz CT molecular complexity index is 917. The normalized spacial score (nSPS) is 58.2. The van der Waals surface area contributed by atoms with Gasteiger partial charge in [0.2, 0.25) is 0 Å². The lowest BCUT2D eigenvalue weighted by Gasteiger charge is -2.55. The zero-order chi connectivity index (χ0) is 26.4. The molecule has 4 N–H and O–H groups in total. The summed E-state index contributed by atoms with van der Waals surface area (Å²) in [4.78, 5) is 24.1. The highest BCUT2D eigenvalue weighted by Gasteiger charge is 2.57. The van der Waals surface area contributed by atoms with Gasteiger partial charge in [-0.1, -0.05) is 6.92 Å². The monoisotopic (exact) mass is 456 g/mol. The van der Waals surface area contributed by atoms with E-state index in [0.717, 1.165) is 25.7 Å². The largest absolute Gasteiger partial charge is 0.479 e. The zero-order valence-electron chi connectivity index (χ0n) is 22.2. The Morgan fingerprint density at radius 2 is 1.84 bits per heavy atom. The maximum atomic E-state index is 12.6. The quantitative estimate of drug-likeness (QED) is 0.470. The predicted molar refractivity (Wildman–Crippen MR) is 111 cm³/mol. The van der Waals surface area contributed by atoms with Crippen LogP contribution in [0, 0.1) is 35.0 Å². The average Bonchev–Trinajstić information content (AvgIpc) is 3.10. The van der Waals surface area contributed by atoms with Gasteiger partial charge in [0.05, 0.1) is 6.10 Å². The van der Waals surface area contributed by atoms with Gasteiger partial charge in [0.25, 0.3) is 0 Å². The molecular formula is C24H36O8. The first-order chi connectivity index (χ1) is 16.7. The zero-order valence-corrected chi connectivity index (χ0v) is 18.2. The molecule has 5 fully saturated rings. The first kappa shape index (κ1) is 18.3. The Kier molecular flexibility index (Phi) is 4.75. The van der Waals surface area contributed by atoms with Crippen LogP contribution in [0.4, 0.5) is 0 Å². The molecule has 1 saturated heterocycles. The smallest absolute Gasteiger partial charge is 0.335 e. The molecule has 0 spiro atoms. The van der Waals surface area contributed by atoms with E-state index in [0.29, 0.717) is 18.6 Å². The van der Waals surface area contributed by atoms with Gasteiger partial charge in [0.15, 0.2) is 12.4 Å². The first-order valence-corrected chi connectivity index (χ1v) is 11.8. The Morgan fingerprint density at radius 1 is 1.06 bits per heavy atom. The summed E-state index contributed by atoms with van der Waals surface area (Å²) in [6.45, 7) is 2.06. The topological polar surface area (TPSA) is 134 Å². The predicted octanol–water partition coefficient (Wildman–Crippen LogP) is 1.49. The van der Waals surface area contributed by atoms with Crippen molar-refractivity contribution in [3.05, 3.63) is 0 Å². The van der Waals surface area contributed by atoms with Crippen molar-refractivity contribution in [2.75, 3.05) is 0 Å². The third-order valence-corrected chi connectivity index (χ3v) is 9.07. The van der Waals surface area contributed by atoms with Crippen molar-refractivity contribution in [3.63, 3.8) is 0 Å². The fourth-order valence-electron chi connectivity index (χ4n) is 7.30. The van der Waals surface area contributed by atoms with E-state index < -0.39 is 61.4 Å². The minimum absolute atomic E-state index is 0.0384. The van der Waals surface area contributed by atoms with E-state index in [1.807, 2.05) is 0 Å². The van der Waals surface area contributed by atoms with Gasteiger partial charge in [0, 0.05) is 17.3 Å². The molecule has 180 valence electrons. The number of fused-ring (bicyclic) bond motifs is 5. The van der Waals surface area contributed by atoms with Gasteiger partial charge in [-0.05, 0) is 80.9 Å². The van der Waals surface area contributed by atoms with Crippen LogP contribution < -0.4 is 0 Å².